The molecule has 0 radical (unpaired) electrons. The van der Waals surface area contributed by atoms with E-state index in [0.717, 1.165) is 5.56 Å². The number of halogens is 3. The molecule has 0 aromatic heterocycles. The van der Waals surface area contributed by atoms with Gasteiger partial charge >= 0.3 is 6.18 Å². The largest absolute Gasteiger partial charge is 0.393 e. The number of β-amino-alcohol motifs (C(OH)–C–C–N with tert-alkyl or cyclic N) is 1. The van der Waals surface area contributed by atoms with Crippen LogP contribution in [0.25, 0.3) is 0 Å². The summed E-state index contributed by atoms with van der Waals surface area (Å²) < 4.78 is 38.1. The molecule has 2 nitrogen and oxygen atoms in total. The SMILES string of the molecule is O[C@@H](CN1CCC[C@H](C(F)(F)F)C1)c1ccccc1. The maximum atomic E-state index is 12.7. The molecule has 0 bridgehead atoms. The van der Waals surface area contributed by atoms with Gasteiger partial charge < -0.3 is 5.11 Å². The van der Waals surface area contributed by atoms with Crippen LogP contribution in [0.2, 0.25) is 0 Å². The van der Waals surface area contributed by atoms with Crippen LogP contribution < -0.4 is 0 Å². The summed E-state index contributed by atoms with van der Waals surface area (Å²) in [4.78, 5) is 1.71. The Labute approximate surface area is 110 Å². The van der Waals surface area contributed by atoms with Crippen LogP contribution in [0.4, 0.5) is 13.2 Å². The Hall–Kier alpha value is -1.07. The Kier molecular flexibility index (Phi) is 4.47. The van der Waals surface area contributed by atoms with Gasteiger partial charge in [-0.2, -0.15) is 13.2 Å². The van der Waals surface area contributed by atoms with Gasteiger partial charge in [0.1, 0.15) is 0 Å². The molecule has 19 heavy (non-hydrogen) atoms. The summed E-state index contributed by atoms with van der Waals surface area (Å²) in [6, 6.07) is 9.04. The van der Waals surface area contributed by atoms with Crippen molar-refractivity contribution < 1.29 is 18.3 Å². The molecular formula is C14H18F3NO. The van der Waals surface area contributed by atoms with Crippen LogP contribution >= 0.6 is 0 Å². The van der Waals surface area contributed by atoms with E-state index in [9.17, 15) is 18.3 Å². The van der Waals surface area contributed by atoms with Gasteiger partial charge in [-0.25, -0.2) is 0 Å². The predicted molar refractivity (Wildman–Crippen MR) is 66.6 cm³/mol. The molecule has 2 rings (SSSR count). The summed E-state index contributed by atoms with van der Waals surface area (Å²) in [5.41, 5.74) is 0.747. The number of hydrogen-bond acceptors (Lipinski definition) is 2. The van der Waals surface area contributed by atoms with E-state index in [4.69, 9.17) is 0 Å². The Morgan fingerprint density at radius 1 is 1.26 bits per heavy atom. The second-order valence-electron chi connectivity index (χ2n) is 5.07. The molecule has 2 atom stereocenters. The number of hydrogen-bond donors (Lipinski definition) is 1. The summed E-state index contributed by atoms with van der Waals surface area (Å²) in [6.07, 6.45) is -4.13. The summed E-state index contributed by atoms with van der Waals surface area (Å²) in [6.45, 7) is 0.875. The van der Waals surface area contributed by atoms with Gasteiger partial charge in [0, 0.05) is 13.1 Å². The summed E-state index contributed by atoms with van der Waals surface area (Å²) in [7, 11) is 0. The molecular weight excluding hydrogens is 255 g/mol. The summed E-state index contributed by atoms with van der Waals surface area (Å²) in [5.74, 6) is -1.26. The van der Waals surface area contributed by atoms with Gasteiger partial charge in [0.15, 0.2) is 0 Å². The molecule has 0 saturated carbocycles. The zero-order valence-corrected chi connectivity index (χ0v) is 10.6. The van der Waals surface area contributed by atoms with E-state index in [-0.39, 0.29) is 19.5 Å². The minimum absolute atomic E-state index is 0.00655. The maximum Gasteiger partial charge on any atom is 0.393 e. The first-order valence-electron chi connectivity index (χ1n) is 6.49. The fourth-order valence-electron chi connectivity index (χ4n) is 2.51. The van der Waals surface area contributed by atoms with Crippen molar-refractivity contribution in [1.29, 1.82) is 0 Å². The lowest BCUT2D eigenvalue weighted by molar-refractivity contribution is -0.187. The second kappa shape index (κ2) is 5.92. The first-order chi connectivity index (χ1) is 8.97. The van der Waals surface area contributed by atoms with Crippen LogP contribution in [-0.4, -0.2) is 35.8 Å². The number of rotatable bonds is 3. The molecule has 1 aromatic carbocycles. The minimum atomic E-state index is -4.13. The third kappa shape index (κ3) is 3.94. The number of likely N-dealkylation sites (tertiary alicyclic amines) is 1. The van der Waals surface area contributed by atoms with E-state index in [1.54, 1.807) is 17.0 Å². The van der Waals surface area contributed by atoms with E-state index >= 15 is 0 Å². The quantitative estimate of drug-likeness (QED) is 0.915. The Balaban J connectivity index is 1.92. The van der Waals surface area contributed by atoms with Crippen molar-refractivity contribution >= 4 is 0 Å². The lowest BCUT2D eigenvalue weighted by atomic mass is 9.97. The number of aliphatic hydroxyl groups is 1. The molecule has 1 saturated heterocycles. The lowest BCUT2D eigenvalue weighted by Crippen LogP contribution is -2.43. The van der Waals surface area contributed by atoms with Crippen molar-refractivity contribution in [3.05, 3.63) is 35.9 Å². The number of aliphatic hydroxyl groups excluding tert-OH is 1. The molecule has 106 valence electrons. The van der Waals surface area contributed by atoms with Crippen molar-refractivity contribution in [3.8, 4) is 0 Å². The third-order valence-electron chi connectivity index (χ3n) is 3.58. The highest BCUT2D eigenvalue weighted by Gasteiger charge is 2.41. The number of nitrogens with zero attached hydrogens (tertiary/aromatic N) is 1. The second-order valence-corrected chi connectivity index (χ2v) is 5.07. The van der Waals surface area contributed by atoms with Crippen molar-refractivity contribution in [2.75, 3.05) is 19.6 Å². The standard InChI is InChI=1S/C14H18F3NO/c15-14(16,17)12-7-4-8-18(9-12)10-13(19)11-5-2-1-3-6-11/h1-3,5-6,12-13,19H,4,7-10H2/t12-,13-/m0/s1. The topological polar surface area (TPSA) is 23.5 Å². The van der Waals surface area contributed by atoms with Gasteiger partial charge in [0.2, 0.25) is 0 Å². The Morgan fingerprint density at radius 3 is 2.58 bits per heavy atom. The van der Waals surface area contributed by atoms with Crippen LogP contribution in [0.3, 0.4) is 0 Å². The predicted octanol–water partition coefficient (Wildman–Crippen LogP) is 2.99. The zero-order valence-electron chi connectivity index (χ0n) is 10.6. The van der Waals surface area contributed by atoms with E-state index < -0.39 is 18.2 Å². The zero-order chi connectivity index (χ0) is 13.9. The molecule has 1 heterocycles. The molecule has 0 unspecified atom stereocenters. The van der Waals surface area contributed by atoms with Crippen LogP contribution in [0.1, 0.15) is 24.5 Å². The van der Waals surface area contributed by atoms with Crippen LogP contribution in [0.5, 0.6) is 0 Å². The fourth-order valence-corrected chi connectivity index (χ4v) is 2.51. The van der Waals surface area contributed by atoms with Gasteiger partial charge in [-0.3, -0.25) is 4.90 Å². The van der Waals surface area contributed by atoms with E-state index in [1.165, 1.54) is 0 Å². The van der Waals surface area contributed by atoms with Crippen LogP contribution in [0.15, 0.2) is 30.3 Å². The van der Waals surface area contributed by atoms with Crippen molar-refractivity contribution in [2.24, 2.45) is 5.92 Å². The minimum Gasteiger partial charge on any atom is -0.387 e. The van der Waals surface area contributed by atoms with Gasteiger partial charge in [-0.15, -0.1) is 0 Å². The summed E-state index contributed by atoms with van der Waals surface area (Å²) in [5, 5.41) is 10.0. The van der Waals surface area contributed by atoms with Gasteiger partial charge in [0.25, 0.3) is 0 Å². The monoisotopic (exact) mass is 273 g/mol. The number of piperidine rings is 1. The molecule has 1 aliphatic rings. The lowest BCUT2D eigenvalue weighted by Gasteiger charge is -2.34. The third-order valence-corrected chi connectivity index (χ3v) is 3.58. The Morgan fingerprint density at radius 2 is 1.95 bits per heavy atom. The van der Waals surface area contributed by atoms with Gasteiger partial charge in [0.05, 0.1) is 12.0 Å². The highest BCUT2D eigenvalue weighted by molar-refractivity contribution is 5.17. The van der Waals surface area contributed by atoms with Gasteiger partial charge in [-0.05, 0) is 24.9 Å². The fraction of sp³-hybridized carbons (Fsp3) is 0.571. The van der Waals surface area contributed by atoms with Crippen molar-refractivity contribution in [1.82, 2.24) is 4.90 Å². The molecule has 0 spiro atoms. The average Bonchev–Trinajstić information content (AvgIpc) is 2.39. The number of benzene rings is 1. The van der Waals surface area contributed by atoms with E-state index in [1.807, 2.05) is 18.2 Å². The normalized spacial score (nSPS) is 23.3. The smallest absolute Gasteiger partial charge is 0.387 e. The van der Waals surface area contributed by atoms with E-state index in [2.05, 4.69) is 0 Å². The van der Waals surface area contributed by atoms with Crippen molar-refractivity contribution in [3.63, 3.8) is 0 Å². The Bertz CT molecular complexity index is 393. The molecule has 1 aliphatic heterocycles. The average molecular weight is 273 g/mol. The van der Waals surface area contributed by atoms with Crippen LogP contribution in [-0.2, 0) is 0 Å². The maximum absolute atomic E-state index is 12.7. The molecule has 0 aliphatic carbocycles. The van der Waals surface area contributed by atoms with E-state index in [0.29, 0.717) is 13.0 Å². The summed E-state index contributed by atoms with van der Waals surface area (Å²) >= 11 is 0. The first-order valence-corrected chi connectivity index (χ1v) is 6.49. The highest BCUT2D eigenvalue weighted by atomic mass is 19.4. The van der Waals surface area contributed by atoms with Gasteiger partial charge in [-0.1, -0.05) is 30.3 Å². The molecule has 5 heteroatoms. The number of alkyl halides is 3. The van der Waals surface area contributed by atoms with Crippen molar-refractivity contribution in [2.45, 2.75) is 25.1 Å². The molecule has 1 fully saturated rings. The molecule has 0 amide bonds. The molecule has 1 aromatic rings. The van der Waals surface area contributed by atoms with Crippen LogP contribution in [0, 0.1) is 5.92 Å². The first kappa shape index (κ1) is 14.3. The highest BCUT2D eigenvalue weighted by Crippen LogP contribution is 2.33. The molecule has 1 N–H and O–H groups in total.